The highest BCUT2D eigenvalue weighted by Crippen LogP contribution is 2.22. The second-order valence-electron chi connectivity index (χ2n) is 6.44. The van der Waals surface area contributed by atoms with Gasteiger partial charge >= 0.3 is 5.97 Å². The molecule has 0 unspecified atom stereocenters. The van der Waals surface area contributed by atoms with Gasteiger partial charge in [0.15, 0.2) is 6.61 Å². The molecule has 7 nitrogen and oxygen atoms in total. The van der Waals surface area contributed by atoms with E-state index in [4.69, 9.17) is 9.84 Å². The van der Waals surface area contributed by atoms with Crippen molar-refractivity contribution in [1.82, 2.24) is 5.32 Å². The van der Waals surface area contributed by atoms with Crippen molar-refractivity contribution in [3.8, 4) is 5.75 Å². The van der Waals surface area contributed by atoms with Crippen molar-refractivity contribution in [3.05, 3.63) is 59.2 Å². The molecule has 0 aromatic heterocycles. The van der Waals surface area contributed by atoms with Crippen LogP contribution in [0.5, 0.6) is 5.75 Å². The fraction of sp³-hybridized carbons (Fsp3) is 0.250. The van der Waals surface area contributed by atoms with E-state index in [0.29, 0.717) is 22.6 Å². The van der Waals surface area contributed by atoms with Crippen LogP contribution in [-0.2, 0) is 4.79 Å². The van der Waals surface area contributed by atoms with E-state index in [-0.39, 0.29) is 17.9 Å². The summed E-state index contributed by atoms with van der Waals surface area (Å²) >= 11 is 0. The van der Waals surface area contributed by atoms with Crippen LogP contribution in [0.15, 0.2) is 42.5 Å². The van der Waals surface area contributed by atoms with E-state index in [1.807, 2.05) is 6.92 Å². The minimum Gasteiger partial charge on any atom is -0.482 e. The van der Waals surface area contributed by atoms with Crippen LogP contribution in [0.2, 0.25) is 0 Å². The molecule has 1 fully saturated rings. The number of benzene rings is 2. The maximum atomic E-state index is 12.5. The first-order chi connectivity index (χ1) is 12.9. The molecule has 1 aliphatic rings. The normalized spacial score (nSPS) is 12.9. The van der Waals surface area contributed by atoms with Gasteiger partial charge in [0.1, 0.15) is 5.75 Å². The highest BCUT2D eigenvalue weighted by Gasteiger charge is 2.24. The molecule has 2 amide bonds. The third-order valence-corrected chi connectivity index (χ3v) is 4.12. The van der Waals surface area contributed by atoms with E-state index in [1.165, 1.54) is 6.07 Å². The van der Waals surface area contributed by atoms with Crippen LogP contribution < -0.4 is 15.4 Å². The Labute approximate surface area is 156 Å². The molecular formula is C20H20N2O5. The number of carboxylic acid groups (broad SMARTS) is 1. The number of amides is 2. The summed E-state index contributed by atoms with van der Waals surface area (Å²) in [6.07, 6.45) is 2.00. The van der Waals surface area contributed by atoms with Gasteiger partial charge in [0, 0.05) is 22.9 Å². The number of hydrogen-bond acceptors (Lipinski definition) is 4. The number of carbonyl (C=O) groups excluding carboxylic acids is 2. The first-order valence-electron chi connectivity index (χ1n) is 8.60. The van der Waals surface area contributed by atoms with E-state index < -0.39 is 12.6 Å². The minimum atomic E-state index is -1.10. The molecule has 0 radical (unpaired) electrons. The van der Waals surface area contributed by atoms with Crippen LogP contribution in [0.4, 0.5) is 5.69 Å². The zero-order chi connectivity index (χ0) is 19.4. The van der Waals surface area contributed by atoms with E-state index in [0.717, 1.165) is 18.4 Å². The van der Waals surface area contributed by atoms with Crippen molar-refractivity contribution in [1.29, 1.82) is 0 Å². The first-order valence-corrected chi connectivity index (χ1v) is 8.60. The third-order valence-electron chi connectivity index (χ3n) is 4.12. The van der Waals surface area contributed by atoms with Crippen LogP contribution in [0, 0.1) is 6.92 Å². The lowest BCUT2D eigenvalue weighted by Gasteiger charge is -2.12. The van der Waals surface area contributed by atoms with Gasteiger partial charge in [-0.3, -0.25) is 9.59 Å². The van der Waals surface area contributed by atoms with Crippen molar-refractivity contribution < 1.29 is 24.2 Å². The van der Waals surface area contributed by atoms with Gasteiger partial charge in [-0.05, 0) is 55.7 Å². The number of hydrogen-bond donors (Lipinski definition) is 3. The van der Waals surface area contributed by atoms with Gasteiger partial charge in [-0.25, -0.2) is 4.79 Å². The maximum Gasteiger partial charge on any atom is 0.341 e. The van der Waals surface area contributed by atoms with Gasteiger partial charge in [-0.15, -0.1) is 0 Å². The van der Waals surface area contributed by atoms with Gasteiger partial charge in [0.25, 0.3) is 11.8 Å². The number of anilines is 1. The Kier molecular flexibility index (Phi) is 5.40. The topological polar surface area (TPSA) is 105 Å². The second-order valence-corrected chi connectivity index (χ2v) is 6.44. The Morgan fingerprint density at radius 3 is 2.52 bits per heavy atom. The summed E-state index contributed by atoms with van der Waals surface area (Å²) in [7, 11) is 0. The van der Waals surface area contributed by atoms with E-state index >= 15 is 0 Å². The van der Waals surface area contributed by atoms with Gasteiger partial charge in [0.05, 0.1) is 0 Å². The molecule has 3 rings (SSSR count). The smallest absolute Gasteiger partial charge is 0.341 e. The highest BCUT2D eigenvalue weighted by atomic mass is 16.5. The number of carbonyl (C=O) groups is 3. The molecule has 2 aromatic carbocycles. The monoisotopic (exact) mass is 368 g/mol. The Hall–Kier alpha value is -3.35. The average Bonchev–Trinajstić information content (AvgIpc) is 3.46. The molecule has 2 aromatic rings. The molecule has 27 heavy (non-hydrogen) atoms. The molecule has 7 heteroatoms. The fourth-order valence-corrected chi connectivity index (χ4v) is 2.46. The zero-order valence-corrected chi connectivity index (χ0v) is 14.8. The summed E-state index contributed by atoms with van der Waals surface area (Å²) in [5.41, 5.74) is 2.18. The van der Waals surface area contributed by atoms with Crippen molar-refractivity contribution in [2.75, 3.05) is 11.9 Å². The molecule has 0 saturated heterocycles. The number of nitrogens with one attached hydrogen (secondary N) is 2. The summed E-state index contributed by atoms with van der Waals surface area (Å²) in [5.74, 6) is -1.34. The molecule has 0 atom stereocenters. The number of aryl methyl sites for hydroxylation is 1. The fourth-order valence-electron chi connectivity index (χ4n) is 2.46. The minimum absolute atomic E-state index is 0.155. The Morgan fingerprint density at radius 2 is 1.81 bits per heavy atom. The molecular weight excluding hydrogens is 348 g/mol. The third kappa shape index (κ3) is 5.07. The van der Waals surface area contributed by atoms with E-state index in [2.05, 4.69) is 10.6 Å². The lowest BCUT2D eigenvalue weighted by atomic mass is 10.1. The summed E-state index contributed by atoms with van der Waals surface area (Å²) in [4.78, 5) is 35.3. The Balaban J connectivity index is 1.72. The first kappa shape index (κ1) is 18.4. The predicted molar refractivity (Wildman–Crippen MR) is 99.2 cm³/mol. The SMILES string of the molecule is Cc1ccc(C(=O)NC2CC2)cc1NC(=O)c1cccc(OCC(=O)O)c1. The Morgan fingerprint density at radius 1 is 1.07 bits per heavy atom. The molecule has 0 aliphatic heterocycles. The van der Waals surface area contributed by atoms with Crippen LogP contribution in [0.1, 0.15) is 39.1 Å². The second kappa shape index (κ2) is 7.90. The van der Waals surface area contributed by atoms with Crippen LogP contribution in [0.3, 0.4) is 0 Å². The quantitative estimate of drug-likeness (QED) is 0.697. The summed E-state index contributed by atoms with van der Waals surface area (Å²) < 4.78 is 5.09. The van der Waals surface area contributed by atoms with Gasteiger partial charge in [-0.1, -0.05) is 12.1 Å². The Bertz CT molecular complexity index is 890. The molecule has 0 bridgehead atoms. The van der Waals surface area contributed by atoms with Crippen molar-refractivity contribution >= 4 is 23.5 Å². The van der Waals surface area contributed by atoms with Gasteiger partial charge < -0.3 is 20.5 Å². The summed E-state index contributed by atoms with van der Waals surface area (Å²) in [6, 6.07) is 11.7. The zero-order valence-electron chi connectivity index (χ0n) is 14.8. The number of rotatable bonds is 7. The largest absolute Gasteiger partial charge is 0.482 e. The predicted octanol–water partition coefficient (Wildman–Crippen LogP) is 2.60. The summed E-state index contributed by atoms with van der Waals surface area (Å²) in [6.45, 7) is 1.35. The lowest BCUT2D eigenvalue weighted by Crippen LogP contribution is -2.25. The molecule has 1 saturated carbocycles. The lowest BCUT2D eigenvalue weighted by molar-refractivity contribution is -0.139. The van der Waals surface area contributed by atoms with Crippen LogP contribution in [-0.4, -0.2) is 35.5 Å². The number of aliphatic carboxylic acids is 1. The molecule has 0 heterocycles. The number of ether oxygens (including phenoxy) is 1. The van der Waals surface area contributed by atoms with Crippen molar-refractivity contribution in [2.24, 2.45) is 0 Å². The maximum absolute atomic E-state index is 12.5. The van der Waals surface area contributed by atoms with Crippen LogP contribution >= 0.6 is 0 Å². The van der Waals surface area contributed by atoms with E-state index in [9.17, 15) is 14.4 Å². The van der Waals surface area contributed by atoms with Gasteiger partial charge in [0.2, 0.25) is 0 Å². The standard InChI is InChI=1S/C20H20N2O5/c1-12-5-6-14(19(25)21-15-7-8-15)10-17(12)22-20(26)13-3-2-4-16(9-13)27-11-18(23)24/h2-6,9-10,15H,7-8,11H2,1H3,(H,21,25)(H,22,26)(H,23,24). The molecule has 1 aliphatic carbocycles. The number of carboxylic acids is 1. The van der Waals surface area contributed by atoms with Crippen molar-refractivity contribution in [2.45, 2.75) is 25.8 Å². The average molecular weight is 368 g/mol. The van der Waals surface area contributed by atoms with Crippen LogP contribution in [0.25, 0.3) is 0 Å². The highest BCUT2D eigenvalue weighted by molar-refractivity contribution is 6.05. The summed E-state index contributed by atoms with van der Waals surface area (Å²) in [5, 5.41) is 14.4. The van der Waals surface area contributed by atoms with Gasteiger partial charge in [-0.2, -0.15) is 0 Å². The molecule has 3 N–H and O–H groups in total. The molecule has 140 valence electrons. The van der Waals surface area contributed by atoms with Crippen molar-refractivity contribution in [3.63, 3.8) is 0 Å². The molecule has 0 spiro atoms. The van der Waals surface area contributed by atoms with E-state index in [1.54, 1.807) is 36.4 Å².